The van der Waals surface area contributed by atoms with Crippen LogP contribution in [-0.2, 0) is 11.8 Å². The van der Waals surface area contributed by atoms with Gasteiger partial charge in [0.05, 0.1) is 16.7 Å². The lowest BCUT2D eigenvalue weighted by atomic mass is 10.2. The summed E-state index contributed by atoms with van der Waals surface area (Å²) in [4.78, 5) is 31.6. The molecule has 1 amide bonds. The van der Waals surface area contributed by atoms with Gasteiger partial charge in [0.25, 0.3) is 5.56 Å². The molecule has 0 bridgehead atoms. The Morgan fingerprint density at radius 2 is 1.82 bits per heavy atom. The zero-order chi connectivity index (χ0) is 19.5. The fraction of sp³-hybridized carbons (Fsp3) is 0.286. The van der Waals surface area contributed by atoms with Gasteiger partial charge in [-0.1, -0.05) is 23.9 Å². The fourth-order valence-electron chi connectivity index (χ4n) is 3.38. The quantitative estimate of drug-likeness (QED) is 0.531. The molecule has 2 aromatic carbocycles. The van der Waals surface area contributed by atoms with Crippen molar-refractivity contribution in [3.05, 3.63) is 58.9 Å². The first-order valence-corrected chi connectivity index (χ1v) is 10.3. The van der Waals surface area contributed by atoms with Crippen molar-refractivity contribution < 1.29 is 4.79 Å². The highest BCUT2D eigenvalue weighted by molar-refractivity contribution is 7.99. The van der Waals surface area contributed by atoms with Crippen LogP contribution in [-0.4, -0.2) is 34.3 Å². The van der Waals surface area contributed by atoms with Gasteiger partial charge in [0.2, 0.25) is 5.91 Å². The fourth-order valence-corrected chi connectivity index (χ4v) is 4.16. The topological polar surface area (TPSA) is 67.2 Å². The van der Waals surface area contributed by atoms with Crippen LogP contribution in [0.3, 0.4) is 0 Å². The van der Waals surface area contributed by atoms with Crippen molar-refractivity contribution in [1.29, 1.82) is 0 Å². The second-order valence-corrected chi connectivity index (χ2v) is 7.80. The molecule has 3 aromatic rings. The number of anilines is 2. The van der Waals surface area contributed by atoms with E-state index in [1.807, 2.05) is 42.5 Å². The third-order valence-electron chi connectivity index (χ3n) is 4.90. The third-order valence-corrected chi connectivity index (χ3v) is 5.93. The number of thioether (sulfide) groups is 1. The molecule has 0 atom stereocenters. The predicted octanol–water partition coefficient (Wildman–Crippen LogP) is 3.26. The summed E-state index contributed by atoms with van der Waals surface area (Å²) in [6.45, 7) is 2.19. The highest BCUT2D eigenvalue weighted by Gasteiger charge is 2.13. The lowest BCUT2D eigenvalue weighted by Gasteiger charge is -2.17. The molecule has 144 valence electrons. The van der Waals surface area contributed by atoms with Crippen LogP contribution in [0.1, 0.15) is 12.8 Å². The standard InChI is InChI=1S/C21H22N4O2S/c1-24-20(27)17-6-2-3-7-18(17)23-21(24)28-14-19(26)22-15-8-10-16(11-9-15)25-12-4-5-13-25/h2-3,6-11H,4-5,12-14H2,1H3,(H,22,26). The molecule has 6 nitrogen and oxygen atoms in total. The zero-order valence-corrected chi connectivity index (χ0v) is 16.5. The molecule has 1 fully saturated rings. The van der Waals surface area contributed by atoms with Gasteiger partial charge in [0.15, 0.2) is 5.16 Å². The summed E-state index contributed by atoms with van der Waals surface area (Å²) < 4.78 is 1.49. The van der Waals surface area contributed by atoms with E-state index in [0.29, 0.717) is 16.1 Å². The monoisotopic (exact) mass is 394 g/mol. The summed E-state index contributed by atoms with van der Waals surface area (Å²) in [5.41, 5.74) is 2.51. The normalized spacial score (nSPS) is 13.8. The number of benzene rings is 2. The van der Waals surface area contributed by atoms with Gasteiger partial charge in [-0.3, -0.25) is 14.2 Å². The second kappa shape index (κ2) is 8.06. The molecular formula is C21H22N4O2S. The first-order chi connectivity index (χ1) is 13.6. The van der Waals surface area contributed by atoms with E-state index in [1.165, 1.54) is 34.9 Å². The Labute approximate surface area is 167 Å². The van der Waals surface area contributed by atoms with Crippen molar-refractivity contribution >= 4 is 39.9 Å². The van der Waals surface area contributed by atoms with E-state index < -0.39 is 0 Å². The van der Waals surface area contributed by atoms with Gasteiger partial charge in [0.1, 0.15) is 0 Å². The molecule has 1 aliphatic heterocycles. The van der Waals surface area contributed by atoms with Crippen LogP contribution < -0.4 is 15.8 Å². The second-order valence-electron chi connectivity index (χ2n) is 6.85. The molecule has 1 aliphatic rings. The average Bonchev–Trinajstić information content (AvgIpc) is 3.25. The maximum absolute atomic E-state index is 12.4. The molecular weight excluding hydrogens is 372 g/mol. The van der Waals surface area contributed by atoms with E-state index in [-0.39, 0.29) is 17.2 Å². The van der Waals surface area contributed by atoms with E-state index in [2.05, 4.69) is 15.2 Å². The number of nitrogens with one attached hydrogen (secondary N) is 1. The Kier molecular flexibility index (Phi) is 5.34. The molecule has 1 aromatic heterocycles. The summed E-state index contributed by atoms with van der Waals surface area (Å²) in [5.74, 6) is 0.0632. The summed E-state index contributed by atoms with van der Waals surface area (Å²) in [7, 11) is 1.68. The van der Waals surface area contributed by atoms with Gasteiger partial charge in [-0.05, 0) is 49.2 Å². The number of amides is 1. The van der Waals surface area contributed by atoms with Crippen LogP contribution >= 0.6 is 11.8 Å². The Balaban J connectivity index is 1.40. The number of fused-ring (bicyclic) bond motifs is 1. The van der Waals surface area contributed by atoms with Crippen LogP contribution in [0.5, 0.6) is 0 Å². The third kappa shape index (κ3) is 3.89. The molecule has 0 unspecified atom stereocenters. The molecule has 0 saturated carbocycles. The Hall–Kier alpha value is -2.80. The number of aromatic nitrogens is 2. The van der Waals surface area contributed by atoms with Gasteiger partial charge in [-0.2, -0.15) is 0 Å². The van der Waals surface area contributed by atoms with E-state index in [4.69, 9.17) is 0 Å². The van der Waals surface area contributed by atoms with Crippen molar-refractivity contribution in [2.45, 2.75) is 18.0 Å². The average molecular weight is 395 g/mol. The van der Waals surface area contributed by atoms with Crippen LogP contribution in [0.25, 0.3) is 10.9 Å². The molecule has 28 heavy (non-hydrogen) atoms. The number of hydrogen-bond acceptors (Lipinski definition) is 5. The Bertz CT molecular complexity index is 1060. The number of carbonyl (C=O) groups excluding carboxylic acids is 1. The van der Waals surface area contributed by atoms with Gasteiger partial charge in [-0.25, -0.2) is 4.98 Å². The lowest BCUT2D eigenvalue weighted by molar-refractivity contribution is -0.113. The van der Waals surface area contributed by atoms with Crippen LogP contribution in [0.4, 0.5) is 11.4 Å². The van der Waals surface area contributed by atoms with E-state index in [9.17, 15) is 9.59 Å². The van der Waals surface area contributed by atoms with Crippen molar-refractivity contribution in [3.8, 4) is 0 Å². The minimum atomic E-state index is -0.124. The van der Waals surface area contributed by atoms with Gasteiger partial charge in [0, 0.05) is 31.5 Å². The number of para-hydroxylation sites is 1. The van der Waals surface area contributed by atoms with Crippen molar-refractivity contribution in [2.24, 2.45) is 7.05 Å². The highest BCUT2D eigenvalue weighted by atomic mass is 32.2. The SMILES string of the molecule is Cn1c(SCC(=O)Nc2ccc(N3CCCC3)cc2)nc2ccccc2c1=O. The van der Waals surface area contributed by atoms with Gasteiger partial charge >= 0.3 is 0 Å². The number of hydrogen-bond donors (Lipinski definition) is 1. The summed E-state index contributed by atoms with van der Waals surface area (Å²) in [6, 6.07) is 15.2. The molecule has 1 saturated heterocycles. The smallest absolute Gasteiger partial charge is 0.261 e. The molecule has 0 spiro atoms. The van der Waals surface area contributed by atoms with E-state index in [0.717, 1.165) is 18.8 Å². The molecule has 0 aliphatic carbocycles. The lowest BCUT2D eigenvalue weighted by Crippen LogP contribution is -2.21. The Morgan fingerprint density at radius 3 is 2.57 bits per heavy atom. The molecule has 7 heteroatoms. The van der Waals surface area contributed by atoms with E-state index >= 15 is 0 Å². The van der Waals surface area contributed by atoms with Crippen molar-refractivity contribution in [2.75, 3.05) is 29.1 Å². The number of rotatable bonds is 5. The summed E-state index contributed by atoms with van der Waals surface area (Å²) in [5, 5.41) is 4.02. The van der Waals surface area contributed by atoms with Crippen molar-refractivity contribution in [1.82, 2.24) is 9.55 Å². The van der Waals surface area contributed by atoms with Crippen LogP contribution in [0.2, 0.25) is 0 Å². The maximum atomic E-state index is 12.4. The van der Waals surface area contributed by atoms with E-state index in [1.54, 1.807) is 13.1 Å². The Morgan fingerprint density at radius 1 is 1.11 bits per heavy atom. The highest BCUT2D eigenvalue weighted by Crippen LogP contribution is 2.22. The number of nitrogens with zero attached hydrogens (tertiary/aromatic N) is 3. The van der Waals surface area contributed by atoms with Gasteiger partial charge < -0.3 is 10.2 Å². The minimum absolute atomic E-state index is 0.106. The summed E-state index contributed by atoms with van der Waals surface area (Å²) >= 11 is 1.26. The largest absolute Gasteiger partial charge is 0.372 e. The van der Waals surface area contributed by atoms with Gasteiger partial charge in [-0.15, -0.1) is 0 Å². The minimum Gasteiger partial charge on any atom is -0.372 e. The molecule has 4 rings (SSSR count). The van der Waals surface area contributed by atoms with Crippen LogP contribution in [0.15, 0.2) is 58.5 Å². The first-order valence-electron chi connectivity index (χ1n) is 9.35. The predicted molar refractivity (Wildman–Crippen MR) is 114 cm³/mol. The number of carbonyl (C=O) groups is 1. The molecule has 1 N–H and O–H groups in total. The van der Waals surface area contributed by atoms with Crippen molar-refractivity contribution in [3.63, 3.8) is 0 Å². The summed E-state index contributed by atoms with van der Waals surface area (Å²) in [6.07, 6.45) is 2.47. The molecule has 0 radical (unpaired) electrons. The zero-order valence-electron chi connectivity index (χ0n) is 15.7. The maximum Gasteiger partial charge on any atom is 0.261 e. The first kappa shape index (κ1) is 18.6. The van der Waals surface area contributed by atoms with Crippen LogP contribution in [0, 0.1) is 0 Å². The molecule has 2 heterocycles.